The quantitative estimate of drug-likeness (QED) is 0.734. The number of carbonyl (C=O) groups excluding carboxylic acids is 1. The summed E-state index contributed by atoms with van der Waals surface area (Å²) in [7, 11) is 0. The van der Waals surface area contributed by atoms with Crippen molar-refractivity contribution in [2.75, 3.05) is 13.1 Å². The average molecular weight is 235 g/mol. The second kappa shape index (κ2) is 4.14. The van der Waals surface area contributed by atoms with Crippen LogP contribution in [0.3, 0.4) is 0 Å². The molecule has 0 radical (unpaired) electrons. The molecule has 2 rings (SSSR count). The van der Waals surface area contributed by atoms with Crippen molar-refractivity contribution in [1.29, 1.82) is 0 Å². The minimum absolute atomic E-state index is 0.0378. The van der Waals surface area contributed by atoms with Gasteiger partial charge in [-0.3, -0.25) is 14.6 Å². The second-order valence-electron chi connectivity index (χ2n) is 4.18. The van der Waals surface area contributed by atoms with Crippen LogP contribution in [0.5, 0.6) is 0 Å². The van der Waals surface area contributed by atoms with Crippen molar-refractivity contribution in [3.05, 3.63) is 30.1 Å². The molecule has 90 valence electrons. The minimum Gasteiger partial charge on any atom is -0.480 e. The number of pyridine rings is 1. The van der Waals surface area contributed by atoms with E-state index in [2.05, 4.69) is 4.98 Å². The fourth-order valence-corrected chi connectivity index (χ4v) is 1.85. The van der Waals surface area contributed by atoms with E-state index in [-0.39, 0.29) is 18.9 Å². The van der Waals surface area contributed by atoms with Crippen LogP contribution in [-0.2, 0) is 4.79 Å². The molecule has 1 amide bonds. The number of hydrogen-bond donors (Lipinski definition) is 2. The summed E-state index contributed by atoms with van der Waals surface area (Å²) in [4.78, 5) is 28.3. The highest BCUT2D eigenvalue weighted by atomic mass is 16.4. The summed E-state index contributed by atoms with van der Waals surface area (Å²) in [5.41, 5.74) is 4.82. The highest BCUT2D eigenvalue weighted by Gasteiger charge is 2.43. The summed E-state index contributed by atoms with van der Waals surface area (Å²) in [5, 5.41) is 8.97. The number of carbonyl (C=O) groups is 2. The molecule has 0 aromatic carbocycles. The number of rotatable bonds is 2. The maximum Gasteiger partial charge on any atom is 0.325 e. The van der Waals surface area contributed by atoms with Gasteiger partial charge in [0.1, 0.15) is 5.54 Å². The van der Waals surface area contributed by atoms with E-state index in [0.29, 0.717) is 12.1 Å². The van der Waals surface area contributed by atoms with Crippen molar-refractivity contribution < 1.29 is 14.7 Å². The topological polar surface area (TPSA) is 96.5 Å². The molecule has 1 fully saturated rings. The molecule has 1 aromatic heterocycles. The van der Waals surface area contributed by atoms with Crippen LogP contribution in [0, 0.1) is 0 Å². The number of nitrogens with two attached hydrogens (primary N) is 1. The number of carboxylic acid groups (broad SMARTS) is 1. The Morgan fingerprint density at radius 2 is 2.29 bits per heavy atom. The van der Waals surface area contributed by atoms with Gasteiger partial charge >= 0.3 is 5.97 Å². The van der Waals surface area contributed by atoms with Gasteiger partial charge < -0.3 is 15.7 Å². The first-order chi connectivity index (χ1) is 8.03. The fourth-order valence-electron chi connectivity index (χ4n) is 1.85. The molecule has 1 unspecified atom stereocenters. The Labute approximate surface area is 98.1 Å². The molecule has 0 spiro atoms. The monoisotopic (exact) mass is 235 g/mol. The molecule has 1 atom stereocenters. The first kappa shape index (κ1) is 11.5. The molecule has 3 N–H and O–H groups in total. The molecule has 1 saturated heterocycles. The Balaban J connectivity index is 2.12. The van der Waals surface area contributed by atoms with E-state index < -0.39 is 11.5 Å². The smallest absolute Gasteiger partial charge is 0.325 e. The lowest BCUT2D eigenvalue weighted by molar-refractivity contribution is -0.142. The third-order valence-corrected chi connectivity index (χ3v) is 2.92. The van der Waals surface area contributed by atoms with Gasteiger partial charge in [0, 0.05) is 25.5 Å². The molecular formula is C11H13N3O3. The number of aliphatic carboxylic acids is 1. The Morgan fingerprint density at radius 1 is 1.53 bits per heavy atom. The van der Waals surface area contributed by atoms with Crippen molar-refractivity contribution >= 4 is 11.9 Å². The van der Waals surface area contributed by atoms with Crippen LogP contribution in [-0.4, -0.2) is 45.5 Å². The summed E-state index contributed by atoms with van der Waals surface area (Å²) in [6.07, 6.45) is 3.30. The highest BCUT2D eigenvalue weighted by Crippen LogP contribution is 2.20. The second-order valence-corrected chi connectivity index (χ2v) is 4.18. The van der Waals surface area contributed by atoms with Gasteiger partial charge in [-0.2, -0.15) is 0 Å². The highest BCUT2D eigenvalue weighted by molar-refractivity contribution is 5.95. The van der Waals surface area contributed by atoms with Gasteiger partial charge in [-0.25, -0.2) is 0 Å². The predicted molar refractivity (Wildman–Crippen MR) is 59.3 cm³/mol. The number of aromatic nitrogens is 1. The molecule has 6 nitrogen and oxygen atoms in total. The summed E-state index contributed by atoms with van der Waals surface area (Å²) < 4.78 is 0. The number of hydrogen-bond acceptors (Lipinski definition) is 4. The van der Waals surface area contributed by atoms with Gasteiger partial charge in [-0.15, -0.1) is 0 Å². The molecule has 1 aliphatic rings. The van der Waals surface area contributed by atoms with Gasteiger partial charge in [0.05, 0.1) is 5.56 Å². The van der Waals surface area contributed by atoms with Gasteiger partial charge in [-0.1, -0.05) is 0 Å². The van der Waals surface area contributed by atoms with E-state index >= 15 is 0 Å². The molecule has 2 heterocycles. The molecule has 0 aliphatic carbocycles. The largest absolute Gasteiger partial charge is 0.480 e. The average Bonchev–Trinajstić information content (AvgIpc) is 2.74. The molecular weight excluding hydrogens is 222 g/mol. The third kappa shape index (κ3) is 2.12. The predicted octanol–water partition coefficient (Wildman–Crippen LogP) is -0.290. The van der Waals surface area contributed by atoms with E-state index in [4.69, 9.17) is 10.8 Å². The van der Waals surface area contributed by atoms with E-state index in [9.17, 15) is 9.59 Å². The molecule has 1 aliphatic heterocycles. The molecule has 1 aromatic rings. The van der Waals surface area contributed by atoms with Crippen LogP contribution < -0.4 is 5.73 Å². The summed E-state index contributed by atoms with van der Waals surface area (Å²) in [5.74, 6) is -1.30. The van der Waals surface area contributed by atoms with Gasteiger partial charge in [-0.05, 0) is 18.6 Å². The number of amides is 1. The Hall–Kier alpha value is -1.95. The zero-order valence-electron chi connectivity index (χ0n) is 9.17. The van der Waals surface area contributed by atoms with Gasteiger partial charge in [0.2, 0.25) is 0 Å². The first-order valence-corrected chi connectivity index (χ1v) is 5.24. The SMILES string of the molecule is NC1(C(=O)O)CCN(C(=O)c2cccnc2)C1. The van der Waals surface area contributed by atoms with Crippen LogP contribution in [0.1, 0.15) is 16.8 Å². The van der Waals surface area contributed by atoms with Crippen molar-refractivity contribution in [3.8, 4) is 0 Å². The minimum atomic E-state index is -1.32. The Kier molecular flexibility index (Phi) is 2.81. The van der Waals surface area contributed by atoms with Gasteiger partial charge in [0.15, 0.2) is 0 Å². The first-order valence-electron chi connectivity index (χ1n) is 5.24. The van der Waals surface area contributed by atoms with Crippen molar-refractivity contribution in [1.82, 2.24) is 9.88 Å². The molecule has 0 saturated carbocycles. The lowest BCUT2D eigenvalue weighted by Crippen LogP contribution is -2.50. The Morgan fingerprint density at radius 3 is 2.82 bits per heavy atom. The number of carboxylic acids is 1. The van der Waals surface area contributed by atoms with Crippen molar-refractivity contribution in [2.45, 2.75) is 12.0 Å². The summed E-state index contributed by atoms with van der Waals surface area (Å²) >= 11 is 0. The van der Waals surface area contributed by atoms with Crippen molar-refractivity contribution in [3.63, 3.8) is 0 Å². The number of nitrogens with zero attached hydrogens (tertiary/aromatic N) is 2. The van der Waals surface area contributed by atoms with Crippen LogP contribution >= 0.6 is 0 Å². The maximum atomic E-state index is 12.0. The zero-order chi connectivity index (χ0) is 12.5. The lowest BCUT2D eigenvalue weighted by Gasteiger charge is -2.19. The summed E-state index contributed by atoms with van der Waals surface area (Å²) in [6, 6.07) is 3.31. The maximum absolute atomic E-state index is 12.0. The van der Waals surface area contributed by atoms with Crippen molar-refractivity contribution in [2.24, 2.45) is 5.73 Å². The Bertz CT molecular complexity index is 449. The van der Waals surface area contributed by atoms with Crippen LogP contribution in [0.15, 0.2) is 24.5 Å². The standard InChI is InChI=1S/C11H13N3O3/c12-11(10(16)17)3-5-14(7-11)9(15)8-2-1-4-13-6-8/h1-2,4,6H,3,5,7,12H2,(H,16,17). The van der Waals surface area contributed by atoms with Crippen LogP contribution in [0.2, 0.25) is 0 Å². The molecule has 0 bridgehead atoms. The van der Waals surface area contributed by atoms with E-state index in [0.717, 1.165) is 0 Å². The fraction of sp³-hybridized carbons (Fsp3) is 0.364. The lowest BCUT2D eigenvalue weighted by atomic mass is 10.0. The summed E-state index contributed by atoms with van der Waals surface area (Å²) in [6.45, 7) is 0.395. The number of likely N-dealkylation sites (tertiary alicyclic amines) is 1. The van der Waals surface area contributed by atoms with E-state index in [1.807, 2.05) is 0 Å². The van der Waals surface area contributed by atoms with Gasteiger partial charge in [0.25, 0.3) is 5.91 Å². The third-order valence-electron chi connectivity index (χ3n) is 2.92. The molecule has 6 heteroatoms. The normalized spacial score (nSPS) is 23.7. The van der Waals surface area contributed by atoms with Crippen LogP contribution in [0.25, 0.3) is 0 Å². The van der Waals surface area contributed by atoms with E-state index in [1.165, 1.54) is 11.1 Å². The zero-order valence-corrected chi connectivity index (χ0v) is 9.17. The van der Waals surface area contributed by atoms with E-state index in [1.54, 1.807) is 18.3 Å². The molecule has 17 heavy (non-hydrogen) atoms. The van der Waals surface area contributed by atoms with Crippen LogP contribution in [0.4, 0.5) is 0 Å².